The molecule has 2 aliphatic rings. The van der Waals surface area contributed by atoms with E-state index in [0.717, 1.165) is 37.9 Å². The molecule has 4 nitrogen and oxygen atoms in total. The Morgan fingerprint density at radius 2 is 2.14 bits per heavy atom. The van der Waals surface area contributed by atoms with Crippen molar-refractivity contribution in [3.63, 3.8) is 0 Å². The largest absolute Gasteiger partial charge is 0.273 e. The summed E-state index contributed by atoms with van der Waals surface area (Å²) in [5.74, 6) is 0.189. The number of nitriles is 1. The van der Waals surface area contributed by atoms with E-state index in [4.69, 9.17) is 5.26 Å². The van der Waals surface area contributed by atoms with Gasteiger partial charge in [-0.2, -0.15) is 5.26 Å². The minimum absolute atomic E-state index is 0.0120. The number of hydrogen-bond donors (Lipinski definition) is 0. The molecule has 0 aromatic carbocycles. The smallest absolute Gasteiger partial charge is 0.243 e. The number of nitrogens with zero attached hydrogens (tertiary/aromatic N) is 3. The molecular weight excluding hydrogens is 274 g/mol. The lowest BCUT2D eigenvalue weighted by Gasteiger charge is -2.35. The Morgan fingerprint density at radius 3 is 2.77 bits per heavy atom. The molecule has 0 saturated carbocycles. The van der Waals surface area contributed by atoms with Crippen LogP contribution < -0.4 is 0 Å². The predicted molar refractivity (Wildman–Crippen MR) is 87.5 cm³/mol. The Hall–Kier alpha value is -1.86. The van der Waals surface area contributed by atoms with Crippen molar-refractivity contribution in [1.29, 1.82) is 5.26 Å². The van der Waals surface area contributed by atoms with Crippen LogP contribution in [-0.2, 0) is 4.79 Å². The Balaban J connectivity index is 2.20. The van der Waals surface area contributed by atoms with E-state index in [1.54, 1.807) is 12.2 Å². The minimum atomic E-state index is -0.317. The normalized spacial score (nSPS) is 25.9. The summed E-state index contributed by atoms with van der Waals surface area (Å²) in [5, 5.41) is 13.1. The second-order valence-corrected chi connectivity index (χ2v) is 6.66. The molecule has 2 saturated heterocycles. The molecule has 2 rings (SSSR count). The fourth-order valence-electron chi connectivity index (χ4n) is 3.16. The van der Waals surface area contributed by atoms with Crippen molar-refractivity contribution in [2.24, 2.45) is 5.41 Å². The van der Waals surface area contributed by atoms with Crippen LogP contribution in [0.2, 0.25) is 0 Å². The number of carbonyl (C=O) groups is 1. The van der Waals surface area contributed by atoms with Crippen LogP contribution in [0.25, 0.3) is 0 Å². The fourth-order valence-corrected chi connectivity index (χ4v) is 3.16. The summed E-state index contributed by atoms with van der Waals surface area (Å²) < 4.78 is 0. The lowest BCUT2D eigenvalue weighted by Crippen LogP contribution is -2.49. The number of rotatable bonds is 3. The Labute approximate surface area is 133 Å². The summed E-state index contributed by atoms with van der Waals surface area (Å²) in [6.45, 7) is 11.9. The number of hydrazine groups is 1. The van der Waals surface area contributed by atoms with Crippen LogP contribution in [-0.4, -0.2) is 35.1 Å². The molecular formula is C18H25N3O. The van der Waals surface area contributed by atoms with Crippen molar-refractivity contribution in [1.82, 2.24) is 10.0 Å². The van der Waals surface area contributed by atoms with Crippen molar-refractivity contribution in [2.45, 2.75) is 46.1 Å². The summed E-state index contributed by atoms with van der Waals surface area (Å²) in [4.78, 5) is 12.9. The number of allylic oxidation sites excluding steroid dienone is 3. The maximum Gasteiger partial charge on any atom is 0.243 e. The third kappa shape index (κ3) is 3.15. The van der Waals surface area contributed by atoms with Crippen molar-refractivity contribution >= 4 is 5.91 Å². The van der Waals surface area contributed by atoms with E-state index in [1.165, 1.54) is 0 Å². The number of amides is 1. The highest BCUT2D eigenvalue weighted by atomic mass is 16.2. The van der Waals surface area contributed by atoms with Gasteiger partial charge in [0.05, 0.1) is 12.1 Å². The summed E-state index contributed by atoms with van der Waals surface area (Å²) in [5.41, 5.74) is 1.18. The first kappa shape index (κ1) is 16.5. The zero-order valence-corrected chi connectivity index (χ0v) is 13.8. The van der Waals surface area contributed by atoms with Crippen LogP contribution in [0.5, 0.6) is 0 Å². The van der Waals surface area contributed by atoms with Gasteiger partial charge in [-0.15, -0.1) is 0 Å². The molecule has 0 unspecified atom stereocenters. The molecule has 0 aromatic rings. The maximum atomic E-state index is 12.9. The third-order valence-electron chi connectivity index (χ3n) is 4.61. The van der Waals surface area contributed by atoms with Crippen molar-refractivity contribution in [3.05, 3.63) is 36.0 Å². The molecule has 22 heavy (non-hydrogen) atoms. The molecule has 0 N–H and O–H groups in total. The number of carbonyl (C=O) groups excluding carboxylic acids is 1. The van der Waals surface area contributed by atoms with Gasteiger partial charge in [0.15, 0.2) is 0 Å². The lowest BCUT2D eigenvalue weighted by molar-refractivity contribution is -0.153. The van der Waals surface area contributed by atoms with Gasteiger partial charge in [-0.05, 0) is 37.8 Å². The van der Waals surface area contributed by atoms with Gasteiger partial charge < -0.3 is 0 Å². The molecule has 2 heterocycles. The van der Waals surface area contributed by atoms with E-state index in [0.29, 0.717) is 5.57 Å². The van der Waals surface area contributed by atoms with E-state index in [9.17, 15) is 4.79 Å². The van der Waals surface area contributed by atoms with Gasteiger partial charge in [-0.25, -0.2) is 5.01 Å². The predicted octanol–water partition coefficient (Wildman–Crippen LogP) is 3.21. The molecule has 4 heteroatoms. The second-order valence-electron chi connectivity index (χ2n) is 6.66. The molecule has 2 aliphatic heterocycles. The van der Waals surface area contributed by atoms with Crippen LogP contribution in [0.1, 0.15) is 40.0 Å². The Bertz CT molecular complexity index is 565. The first-order chi connectivity index (χ1) is 10.4. The van der Waals surface area contributed by atoms with Crippen molar-refractivity contribution in [2.75, 3.05) is 13.1 Å². The summed E-state index contributed by atoms with van der Waals surface area (Å²) in [6, 6.07) is 2.14. The molecule has 0 bridgehead atoms. The SMILES string of the molecule is C=C(/C=C\C(C#N)=C/C)[C@@H]1CCN2CCCC(C)(C)C(=O)N12. The van der Waals surface area contributed by atoms with Gasteiger partial charge in [0.2, 0.25) is 5.91 Å². The van der Waals surface area contributed by atoms with Gasteiger partial charge in [-0.3, -0.25) is 9.80 Å². The monoisotopic (exact) mass is 299 g/mol. The van der Waals surface area contributed by atoms with E-state index < -0.39 is 0 Å². The lowest BCUT2D eigenvalue weighted by atomic mass is 9.86. The molecule has 1 amide bonds. The van der Waals surface area contributed by atoms with Crippen LogP contribution in [0.15, 0.2) is 36.0 Å². The van der Waals surface area contributed by atoms with E-state index in [-0.39, 0.29) is 17.4 Å². The topological polar surface area (TPSA) is 47.3 Å². The molecule has 1 atom stereocenters. The van der Waals surface area contributed by atoms with Gasteiger partial charge in [0.1, 0.15) is 0 Å². The molecule has 0 aromatic heterocycles. The van der Waals surface area contributed by atoms with Gasteiger partial charge >= 0.3 is 0 Å². The van der Waals surface area contributed by atoms with Gasteiger partial charge in [-0.1, -0.05) is 32.6 Å². The zero-order valence-electron chi connectivity index (χ0n) is 13.8. The van der Waals surface area contributed by atoms with E-state index in [1.807, 2.05) is 31.9 Å². The highest BCUT2D eigenvalue weighted by molar-refractivity contribution is 5.82. The average molecular weight is 299 g/mol. The zero-order chi connectivity index (χ0) is 16.3. The van der Waals surface area contributed by atoms with E-state index in [2.05, 4.69) is 17.7 Å². The van der Waals surface area contributed by atoms with Crippen molar-refractivity contribution in [3.8, 4) is 6.07 Å². The fraction of sp³-hybridized carbons (Fsp3) is 0.556. The second kappa shape index (κ2) is 6.50. The Morgan fingerprint density at radius 1 is 1.41 bits per heavy atom. The highest BCUT2D eigenvalue weighted by Gasteiger charge is 2.44. The number of fused-ring (bicyclic) bond motifs is 1. The molecule has 0 spiro atoms. The van der Waals surface area contributed by atoms with Gasteiger partial charge in [0, 0.05) is 24.1 Å². The molecule has 0 radical (unpaired) electrons. The van der Waals surface area contributed by atoms with Crippen LogP contribution in [0.3, 0.4) is 0 Å². The first-order valence-corrected chi connectivity index (χ1v) is 7.92. The molecule has 118 valence electrons. The third-order valence-corrected chi connectivity index (χ3v) is 4.61. The Kier molecular flexibility index (Phi) is 4.87. The summed E-state index contributed by atoms with van der Waals surface area (Å²) >= 11 is 0. The quantitative estimate of drug-likeness (QED) is 0.594. The minimum Gasteiger partial charge on any atom is -0.273 e. The molecule has 0 aliphatic carbocycles. The maximum absolute atomic E-state index is 12.9. The highest BCUT2D eigenvalue weighted by Crippen LogP contribution is 2.35. The molecule has 2 fully saturated rings. The first-order valence-electron chi connectivity index (χ1n) is 7.92. The van der Waals surface area contributed by atoms with Crippen LogP contribution in [0.4, 0.5) is 0 Å². The summed E-state index contributed by atoms with van der Waals surface area (Å²) in [6.07, 6.45) is 8.29. The average Bonchev–Trinajstić information content (AvgIpc) is 2.86. The number of hydrogen-bond acceptors (Lipinski definition) is 3. The van der Waals surface area contributed by atoms with Crippen LogP contribution in [0, 0.1) is 16.7 Å². The summed E-state index contributed by atoms with van der Waals surface area (Å²) in [7, 11) is 0. The standard InChI is InChI=1S/C18H25N3O/c1-5-15(13-19)8-7-14(2)16-9-12-20-11-6-10-18(3,4)17(22)21(16)20/h5,7-8,16H,2,6,9-12H2,1,3-4H3/b8-7-,15-5+/t16-/m0/s1. The van der Waals surface area contributed by atoms with Gasteiger partial charge in [0.25, 0.3) is 0 Å². The van der Waals surface area contributed by atoms with Crippen molar-refractivity contribution < 1.29 is 4.79 Å². The van der Waals surface area contributed by atoms with E-state index >= 15 is 0 Å². The van der Waals surface area contributed by atoms with Crippen LogP contribution >= 0.6 is 0 Å².